The largest absolute Gasteiger partial charge is 0.496 e. The lowest BCUT2D eigenvalue weighted by Crippen LogP contribution is -2.14. The van der Waals surface area contributed by atoms with Crippen LogP contribution in [-0.4, -0.2) is 18.6 Å². The summed E-state index contributed by atoms with van der Waals surface area (Å²) in [5.74, 6) is 0.929. The second-order valence-corrected chi connectivity index (χ2v) is 4.95. The van der Waals surface area contributed by atoms with Crippen molar-refractivity contribution < 1.29 is 4.74 Å². The molecule has 2 aromatic rings. The van der Waals surface area contributed by atoms with Gasteiger partial charge in [0.25, 0.3) is 0 Å². The van der Waals surface area contributed by atoms with Gasteiger partial charge in [-0.25, -0.2) is 0 Å². The second kappa shape index (κ2) is 7.06. The maximum Gasteiger partial charge on any atom is 0.123 e. The number of benzene rings is 1. The van der Waals surface area contributed by atoms with E-state index < -0.39 is 0 Å². The lowest BCUT2D eigenvalue weighted by molar-refractivity contribution is 0.408. The third kappa shape index (κ3) is 3.58. The minimum Gasteiger partial charge on any atom is -0.496 e. The molecule has 0 atom stereocenters. The highest BCUT2D eigenvalue weighted by molar-refractivity contribution is 5.65. The number of aryl methyl sites for hydroxylation is 1. The molecule has 106 valence electrons. The van der Waals surface area contributed by atoms with Crippen LogP contribution in [0.25, 0.3) is 11.1 Å². The zero-order chi connectivity index (χ0) is 14.4. The number of hydrogen-bond acceptors (Lipinski definition) is 3. The molecule has 2 rings (SSSR count). The fourth-order valence-corrected chi connectivity index (χ4v) is 2.21. The molecular weight excluding hydrogens is 248 g/mol. The second-order valence-electron chi connectivity index (χ2n) is 4.95. The predicted octanol–water partition coefficient (Wildman–Crippen LogP) is 3.57. The van der Waals surface area contributed by atoms with Crippen LogP contribution in [0.5, 0.6) is 5.75 Å². The normalized spacial score (nSPS) is 10.6. The highest BCUT2D eigenvalue weighted by Crippen LogP contribution is 2.26. The Balaban J connectivity index is 2.28. The summed E-state index contributed by atoms with van der Waals surface area (Å²) in [4.78, 5) is 4.26. The van der Waals surface area contributed by atoms with E-state index in [-0.39, 0.29) is 0 Å². The summed E-state index contributed by atoms with van der Waals surface area (Å²) >= 11 is 0. The Morgan fingerprint density at radius 3 is 2.70 bits per heavy atom. The molecule has 1 aromatic heterocycles. The Bertz CT molecular complexity index is 567. The van der Waals surface area contributed by atoms with Crippen molar-refractivity contribution in [2.75, 3.05) is 13.7 Å². The Morgan fingerprint density at radius 2 is 2.00 bits per heavy atom. The third-order valence-corrected chi connectivity index (χ3v) is 3.23. The van der Waals surface area contributed by atoms with Gasteiger partial charge in [-0.2, -0.15) is 0 Å². The standard InChI is InChI=1S/C17H22N2O/c1-4-7-18-12-16-9-14(5-6-17(16)20-3)15-8-13(2)10-19-11-15/h5-6,8-11,18H,4,7,12H2,1-3H3. The lowest BCUT2D eigenvalue weighted by atomic mass is 10.0. The van der Waals surface area contributed by atoms with E-state index in [1.807, 2.05) is 18.5 Å². The highest BCUT2D eigenvalue weighted by Gasteiger charge is 2.06. The summed E-state index contributed by atoms with van der Waals surface area (Å²) in [7, 11) is 1.71. The van der Waals surface area contributed by atoms with Crippen molar-refractivity contribution in [1.82, 2.24) is 10.3 Å². The van der Waals surface area contributed by atoms with Gasteiger partial charge in [0.2, 0.25) is 0 Å². The van der Waals surface area contributed by atoms with Crippen LogP contribution in [0.15, 0.2) is 36.7 Å². The van der Waals surface area contributed by atoms with Crippen LogP contribution in [0, 0.1) is 6.92 Å². The average Bonchev–Trinajstić information content (AvgIpc) is 2.47. The van der Waals surface area contributed by atoms with Crippen molar-refractivity contribution in [3.05, 3.63) is 47.8 Å². The van der Waals surface area contributed by atoms with Gasteiger partial charge in [-0.05, 0) is 49.2 Å². The van der Waals surface area contributed by atoms with Crippen LogP contribution in [0.3, 0.4) is 0 Å². The van der Waals surface area contributed by atoms with Gasteiger partial charge in [-0.1, -0.05) is 13.0 Å². The summed E-state index contributed by atoms with van der Waals surface area (Å²) in [5.41, 5.74) is 4.67. The molecule has 20 heavy (non-hydrogen) atoms. The molecule has 0 aliphatic rings. The smallest absolute Gasteiger partial charge is 0.123 e. The van der Waals surface area contributed by atoms with E-state index in [0.717, 1.165) is 30.8 Å². The van der Waals surface area contributed by atoms with Crippen LogP contribution < -0.4 is 10.1 Å². The summed E-state index contributed by atoms with van der Waals surface area (Å²) in [6, 6.07) is 8.44. The maximum atomic E-state index is 5.43. The average molecular weight is 270 g/mol. The van der Waals surface area contributed by atoms with E-state index in [0.29, 0.717) is 0 Å². The fourth-order valence-electron chi connectivity index (χ4n) is 2.21. The van der Waals surface area contributed by atoms with Crippen LogP contribution in [0.4, 0.5) is 0 Å². The van der Waals surface area contributed by atoms with Crippen LogP contribution in [0.2, 0.25) is 0 Å². The van der Waals surface area contributed by atoms with Gasteiger partial charge in [-0.3, -0.25) is 4.98 Å². The summed E-state index contributed by atoms with van der Waals surface area (Å²) in [6.45, 7) is 6.06. The van der Waals surface area contributed by atoms with E-state index in [4.69, 9.17) is 4.74 Å². The van der Waals surface area contributed by atoms with Crippen molar-refractivity contribution in [3.63, 3.8) is 0 Å². The first kappa shape index (κ1) is 14.5. The molecule has 0 bridgehead atoms. The van der Waals surface area contributed by atoms with E-state index >= 15 is 0 Å². The van der Waals surface area contributed by atoms with Gasteiger partial charge in [-0.15, -0.1) is 0 Å². The van der Waals surface area contributed by atoms with Gasteiger partial charge in [0.05, 0.1) is 7.11 Å². The number of aromatic nitrogens is 1. The zero-order valence-corrected chi connectivity index (χ0v) is 12.4. The molecule has 0 aliphatic heterocycles. The minimum atomic E-state index is 0.824. The number of methoxy groups -OCH3 is 1. The molecule has 0 aliphatic carbocycles. The number of nitrogens with zero attached hydrogens (tertiary/aromatic N) is 1. The fraction of sp³-hybridized carbons (Fsp3) is 0.353. The number of ether oxygens (including phenoxy) is 1. The van der Waals surface area contributed by atoms with Crippen LogP contribution >= 0.6 is 0 Å². The number of hydrogen-bond donors (Lipinski definition) is 1. The summed E-state index contributed by atoms with van der Waals surface area (Å²) in [6.07, 6.45) is 4.90. The first-order valence-corrected chi connectivity index (χ1v) is 7.04. The van der Waals surface area contributed by atoms with Crippen molar-refractivity contribution in [3.8, 4) is 16.9 Å². The maximum absolute atomic E-state index is 5.43. The topological polar surface area (TPSA) is 34.2 Å². The molecule has 1 N–H and O–H groups in total. The van der Waals surface area contributed by atoms with Gasteiger partial charge in [0.1, 0.15) is 5.75 Å². The van der Waals surface area contributed by atoms with Gasteiger partial charge in [0.15, 0.2) is 0 Å². The monoisotopic (exact) mass is 270 g/mol. The zero-order valence-electron chi connectivity index (χ0n) is 12.4. The SMILES string of the molecule is CCCNCc1cc(-c2cncc(C)c2)ccc1OC. The van der Waals surface area contributed by atoms with Crippen LogP contribution in [0.1, 0.15) is 24.5 Å². The number of rotatable bonds is 6. The first-order valence-electron chi connectivity index (χ1n) is 7.04. The van der Waals surface area contributed by atoms with E-state index in [2.05, 4.69) is 42.3 Å². The van der Waals surface area contributed by atoms with Crippen molar-refractivity contribution in [1.29, 1.82) is 0 Å². The van der Waals surface area contributed by atoms with Crippen molar-refractivity contribution in [2.45, 2.75) is 26.8 Å². The van der Waals surface area contributed by atoms with E-state index in [9.17, 15) is 0 Å². The van der Waals surface area contributed by atoms with Crippen LogP contribution in [-0.2, 0) is 6.54 Å². The molecule has 0 unspecified atom stereocenters. The molecule has 0 fully saturated rings. The molecule has 1 aromatic carbocycles. The summed E-state index contributed by atoms with van der Waals surface area (Å²) in [5, 5.41) is 3.42. The van der Waals surface area contributed by atoms with Crippen molar-refractivity contribution >= 4 is 0 Å². The number of pyridine rings is 1. The van der Waals surface area contributed by atoms with Gasteiger partial charge < -0.3 is 10.1 Å². The quantitative estimate of drug-likeness (QED) is 0.815. The Kier molecular flexibility index (Phi) is 5.13. The molecule has 0 radical (unpaired) electrons. The molecule has 3 heteroatoms. The molecule has 0 spiro atoms. The molecule has 3 nitrogen and oxygen atoms in total. The Labute approximate surface area is 121 Å². The third-order valence-electron chi connectivity index (χ3n) is 3.23. The summed E-state index contributed by atoms with van der Waals surface area (Å²) < 4.78 is 5.43. The Morgan fingerprint density at radius 1 is 1.15 bits per heavy atom. The minimum absolute atomic E-state index is 0.824. The first-order chi connectivity index (χ1) is 9.74. The predicted molar refractivity (Wildman–Crippen MR) is 83.0 cm³/mol. The van der Waals surface area contributed by atoms with Gasteiger partial charge >= 0.3 is 0 Å². The molecular formula is C17H22N2O. The Hall–Kier alpha value is -1.87. The van der Waals surface area contributed by atoms with E-state index in [1.54, 1.807) is 7.11 Å². The van der Waals surface area contributed by atoms with Crippen molar-refractivity contribution in [2.24, 2.45) is 0 Å². The lowest BCUT2D eigenvalue weighted by Gasteiger charge is -2.12. The van der Waals surface area contributed by atoms with E-state index in [1.165, 1.54) is 16.7 Å². The molecule has 0 saturated heterocycles. The molecule has 1 heterocycles. The number of nitrogens with one attached hydrogen (secondary N) is 1. The highest BCUT2D eigenvalue weighted by atomic mass is 16.5. The van der Waals surface area contributed by atoms with Gasteiger partial charge in [0, 0.05) is 30.1 Å². The molecule has 0 saturated carbocycles. The molecule has 0 amide bonds.